The van der Waals surface area contributed by atoms with Crippen LogP contribution >= 0.6 is 0 Å². The number of rotatable bonds is 3. The van der Waals surface area contributed by atoms with Crippen LogP contribution in [0.25, 0.3) is 93.3 Å². The third-order valence-corrected chi connectivity index (χ3v) is 10.5. The Balaban J connectivity index is 0.00000166. The van der Waals surface area contributed by atoms with Crippen molar-refractivity contribution < 1.29 is 0 Å². The second kappa shape index (κ2) is 11.4. The van der Waals surface area contributed by atoms with Crippen molar-refractivity contribution in [3.8, 4) is 22.5 Å². The van der Waals surface area contributed by atoms with Crippen LogP contribution in [0.5, 0.6) is 0 Å². The van der Waals surface area contributed by atoms with E-state index in [-0.39, 0.29) is 5.56 Å². The second-order valence-corrected chi connectivity index (χ2v) is 13.2. The highest BCUT2D eigenvalue weighted by Crippen LogP contribution is 2.41. The van der Waals surface area contributed by atoms with Crippen LogP contribution in [0.1, 0.15) is 19.7 Å². The minimum absolute atomic E-state index is 0.0269. The molecule has 7 aromatic carbocycles. The zero-order valence-electron chi connectivity index (χ0n) is 29.1. The molecule has 5 nitrogen and oxygen atoms in total. The maximum atomic E-state index is 13.7. The van der Waals surface area contributed by atoms with E-state index < -0.39 is 0 Å². The number of fused-ring (bicyclic) bond motifs is 8. The Bertz CT molecular complexity index is 3240. The molecule has 4 aromatic heterocycles. The lowest BCUT2D eigenvalue weighted by atomic mass is 10.0. The summed E-state index contributed by atoms with van der Waals surface area (Å²) >= 11 is 0. The van der Waals surface area contributed by atoms with Gasteiger partial charge in [-0.2, -0.15) is 0 Å². The summed E-state index contributed by atoms with van der Waals surface area (Å²) in [7, 11) is 0. The predicted octanol–water partition coefficient (Wildman–Crippen LogP) is 11.6. The molecule has 0 aliphatic carbocycles. The van der Waals surface area contributed by atoms with Crippen LogP contribution in [0.2, 0.25) is 0 Å². The molecule has 0 unspecified atom stereocenters. The van der Waals surface area contributed by atoms with Crippen molar-refractivity contribution in [2.75, 3.05) is 0 Å². The molecule has 0 fully saturated rings. The van der Waals surface area contributed by atoms with Gasteiger partial charge in [-0.15, -0.1) is 0 Å². The van der Waals surface area contributed by atoms with E-state index in [0.29, 0.717) is 11.2 Å². The average molecular weight is 671 g/mol. The number of nitrogens with zero attached hydrogens (tertiary/aromatic N) is 4. The van der Waals surface area contributed by atoms with Crippen molar-refractivity contribution in [2.24, 2.45) is 0 Å². The summed E-state index contributed by atoms with van der Waals surface area (Å²) in [6.45, 7) is 5.91. The monoisotopic (exact) mass is 670 g/mol. The highest BCUT2D eigenvalue weighted by molar-refractivity contribution is 6.18. The van der Waals surface area contributed by atoms with E-state index in [2.05, 4.69) is 143 Å². The SMILES string of the molecule is CC.Cc1nc2ccc(-n3c4ccccc4c4cc(-c5ccc6c(c5)c5ccccc5n6-c5ccccc5)ccc43)c3c4ccccc4c(=O)n1c23. The number of imidazole rings is 1. The van der Waals surface area contributed by atoms with Gasteiger partial charge < -0.3 is 9.13 Å². The van der Waals surface area contributed by atoms with Crippen molar-refractivity contribution in [2.45, 2.75) is 20.8 Å². The zero-order valence-corrected chi connectivity index (χ0v) is 29.1. The van der Waals surface area contributed by atoms with Gasteiger partial charge in [0.25, 0.3) is 5.56 Å². The van der Waals surface area contributed by atoms with Gasteiger partial charge in [-0.3, -0.25) is 9.20 Å². The largest absolute Gasteiger partial charge is 0.309 e. The minimum atomic E-state index is -0.0269. The molecule has 0 spiro atoms. The minimum Gasteiger partial charge on any atom is -0.309 e. The van der Waals surface area contributed by atoms with Gasteiger partial charge in [-0.25, -0.2) is 4.98 Å². The van der Waals surface area contributed by atoms with Gasteiger partial charge in [0.1, 0.15) is 5.82 Å². The van der Waals surface area contributed by atoms with Crippen molar-refractivity contribution >= 4 is 70.8 Å². The fraction of sp³-hybridized carbons (Fsp3) is 0.0638. The first-order valence-corrected chi connectivity index (χ1v) is 17.9. The Morgan fingerprint density at radius 2 is 1.00 bits per heavy atom. The van der Waals surface area contributed by atoms with Crippen molar-refractivity contribution in [1.29, 1.82) is 0 Å². The topological polar surface area (TPSA) is 44.2 Å². The Hall–Kier alpha value is -6.72. The lowest BCUT2D eigenvalue weighted by Crippen LogP contribution is -2.15. The molecule has 52 heavy (non-hydrogen) atoms. The number of pyridine rings is 1. The molecule has 11 aromatic rings. The lowest BCUT2D eigenvalue weighted by Gasteiger charge is -2.14. The Kier molecular flexibility index (Phi) is 6.61. The first kappa shape index (κ1) is 30.1. The van der Waals surface area contributed by atoms with Gasteiger partial charge >= 0.3 is 0 Å². The van der Waals surface area contributed by atoms with Crippen LogP contribution in [0.4, 0.5) is 0 Å². The van der Waals surface area contributed by atoms with E-state index in [1.807, 2.05) is 39.0 Å². The number of hydrogen-bond acceptors (Lipinski definition) is 2. The van der Waals surface area contributed by atoms with E-state index in [4.69, 9.17) is 4.98 Å². The summed E-state index contributed by atoms with van der Waals surface area (Å²) in [6.07, 6.45) is 0. The molecule has 0 amide bonds. The van der Waals surface area contributed by atoms with Crippen LogP contribution < -0.4 is 5.56 Å². The number of benzene rings is 7. The molecule has 5 heteroatoms. The standard InChI is InChI=1S/C45H28N4O.C2H6/c1-27-46-37-21-24-42(43-33-15-5-6-16-34(33)45(50)47(27)44(37)43)49-39-18-10-8-14-32(39)36-26-29(20-23-41(36)49)28-19-22-40-35(25-28)31-13-7-9-17-38(31)48(40)30-11-3-2-4-12-30;1-2/h2-26H,1H3;1-2H3. The lowest BCUT2D eigenvalue weighted by molar-refractivity contribution is 1.02. The van der Waals surface area contributed by atoms with Crippen LogP contribution in [0.3, 0.4) is 0 Å². The van der Waals surface area contributed by atoms with E-state index in [1.54, 1.807) is 4.40 Å². The Morgan fingerprint density at radius 1 is 0.481 bits per heavy atom. The zero-order chi connectivity index (χ0) is 35.1. The maximum absolute atomic E-state index is 13.7. The molecule has 0 bridgehead atoms. The van der Waals surface area contributed by atoms with Crippen LogP contribution in [0.15, 0.2) is 156 Å². The fourth-order valence-corrected chi connectivity index (χ4v) is 8.40. The Labute approximate surface area is 299 Å². The molecule has 0 saturated carbocycles. The highest BCUT2D eigenvalue weighted by Gasteiger charge is 2.22. The molecule has 11 rings (SSSR count). The van der Waals surface area contributed by atoms with Crippen LogP contribution in [-0.4, -0.2) is 18.5 Å². The molecule has 0 saturated heterocycles. The second-order valence-electron chi connectivity index (χ2n) is 13.2. The Morgan fingerprint density at radius 3 is 1.65 bits per heavy atom. The highest BCUT2D eigenvalue weighted by atomic mass is 16.1. The molecule has 0 aliphatic rings. The van der Waals surface area contributed by atoms with Gasteiger partial charge in [-0.05, 0) is 90.2 Å². The normalized spacial score (nSPS) is 11.8. The first-order valence-electron chi connectivity index (χ1n) is 17.9. The summed E-state index contributed by atoms with van der Waals surface area (Å²) in [4.78, 5) is 18.5. The van der Waals surface area contributed by atoms with Gasteiger partial charge in [0, 0.05) is 38.0 Å². The van der Waals surface area contributed by atoms with Crippen LogP contribution in [0, 0.1) is 6.92 Å². The molecule has 0 atom stereocenters. The summed E-state index contributed by atoms with van der Waals surface area (Å²) in [5, 5.41) is 7.51. The summed E-state index contributed by atoms with van der Waals surface area (Å²) in [6, 6.07) is 53.7. The average Bonchev–Trinajstić information content (AvgIpc) is 3.84. The number of para-hydroxylation sites is 3. The third kappa shape index (κ3) is 4.11. The first-order chi connectivity index (χ1) is 25.7. The maximum Gasteiger partial charge on any atom is 0.264 e. The van der Waals surface area contributed by atoms with Crippen molar-refractivity contribution in [3.63, 3.8) is 0 Å². The van der Waals surface area contributed by atoms with Crippen molar-refractivity contribution in [1.82, 2.24) is 18.5 Å². The quantitative estimate of drug-likeness (QED) is 0.176. The molecule has 4 heterocycles. The van der Waals surface area contributed by atoms with Gasteiger partial charge in [0.15, 0.2) is 0 Å². The molecular formula is C47H34N4O. The third-order valence-electron chi connectivity index (χ3n) is 10.5. The van der Waals surface area contributed by atoms with Gasteiger partial charge in [-0.1, -0.05) is 98.8 Å². The predicted molar refractivity (Wildman–Crippen MR) is 218 cm³/mol. The summed E-state index contributed by atoms with van der Waals surface area (Å²) in [5.74, 6) is 0.702. The molecule has 248 valence electrons. The fourth-order valence-electron chi connectivity index (χ4n) is 8.40. The number of aromatic nitrogens is 4. The molecule has 0 N–H and O–H groups in total. The number of aryl methyl sites for hydroxylation is 1. The van der Waals surface area contributed by atoms with Crippen LogP contribution in [-0.2, 0) is 0 Å². The summed E-state index contributed by atoms with van der Waals surface area (Å²) < 4.78 is 6.50. The van der Waals surface area contributed by atoms with Gasteiger partial charge in [0.2, 0.25) is 0 Å². The van der Waals surface area contributed by atoms with E-state index >= 15 is 0 Å². The van der Waals surface area contributed by atoms with E-state index in [0.717, 1.165) is 44.2 Å². The molecular weight excluding hydrogens is 637 g/mol. The summed E-state index contributed by atoms with van der Waals surface area (Å²) in [5.41, 5.74) is 10.8. The van der Waals surface area contributed by atoms with Crippen molar-refractivity contribution in [3.05, 3.63) is 168 Å². The van der Waals surface area contributed by atoms with E-state index in [1.165, 1.54) is 43.7 Å². The molecule has 0 radical (unpaired) electrons. The smallest absolute Gasteiger partial charge is 0.264 e. The number of hydrogen-bond donors (Lipinski definition) is 0. The van der Waals surface area contributed by atoms with Gasteiger partial charge in [0.05, 0.1) is 38.8 Å². The molecule has 0 aliphatic heterocycles. The van der Waals surface area contributed by atoms with E-state index in [9.17, 15) is 4.79 Å².